The van der Waals surface area contributed by atoms with Gasteiger partial charge in [0.2, 0.25) is 5.13 Å². The highest BCUT2D eigenvalue weighted by Gasteiger charge is 2.15. The van der Waals surface area contributed by atoms with E-state index in [-0.39, 0.29) is 11.3 Å². The van der Waals surface area contributed by atoms with Crippen molar-refractivity contribution in [3.8, 4) is 11.5 Å². The molecule has 3 rings (SSSR count). The van der Waals surface area contributed by atoms with Gasteiger partial charge >= 0.3 is 0 Å². The van der Waals surface area contributed by atoms with Crippen molar-refractivity contribution < 1.29 is 19.4 Å². The number of hydrogen-bond acceptors (Lipinski definition) is 8. The average Bonchev–Trinajstić information content (AvgIpc) is 3.03. The number of rotatable bonds is 6. The Morgan fingerprint density at radius 1 is 1.24 bits per heavy atom. The second-order valence-electron chi connectivity index (χ2n) is 4.91. The minimum absolute atomic E-state index is 0.0893. The van der Waals surface area contributed by atoms with E-state index >= 15 is 0 Å². The smallest absolute Gasteiger partial charge is 0.204 e. The highest BCUT2D eigenvalue weighted by Crippen LogP contribution is 2.32. The lowest BCUT2D eigenvalue weighted by molar-refractivity contribution is -0.255. The Kier molecular flexibility index (Phi) is 4.80. The van der Waals surface area contributed by atoms with Crippen molar-refractivity contribution in [3.63, 3.8) is 0 Å². The zero-order valence-corrected chi connectivity index (χ0v) is 14.3. The molecule has 0 saturated carbocycles. The van der Waals surface area contributed by atoms with Crippen LogP contribution in [0.25, 0.3) is 10.2 Å². The molecule has 0 spiro atoms. The minimum atomic E-state index is -1.38. The number of anilines is 1. The first-order valence-corrected chi connectivity index (χ1v) is 8.06. The summed E-state index contributed by atoms with van der Waals surface area (Å²) in [5.41, 5.74) is 3.87. The van der Waals surface area contributed by atoms with Gasteiger partial charge in [0.15, 0.2) is 11.5 Å². The fraction of sp³-hybridized carbons (Fsp3) is 0.118. The van der Waals surface area contributed by atoms with Gasteiger partial charge in [0, 0.05) is 5.56 Å². The average molecular weight is 356 g/mol. The topological polar surface area (TPSA) is 95.9 Å². The third kappa shape index (κ3) is 3.38. The number of thiazole rings is 1. The summed E-state index contributed by atoms with van der Waals surface area (Å²) >= 11 is 1.45. The minimum Gasteiger partial charge on any atom is -0.545 e. The van der Waals surface area contributed by atoms with E-state index in [1.165, 1.54) is 31.8 Å². The van der Waals surface area contributed by atoms with E-state index in [2.05, 4.69) is 15.5 Å². The second-order valence-corrected chi connectivity index (χ2v) is 5.94. The van der Waals surface area contributed by atoms with Crippen molar-refractivity contribution in [1.82, 2.24) is 4.98 Å². The first kappa shape index (κ1) is 16.7. The normalized spacial score (nSPS) is 11.0. The van der Waals surface area contributed by atoms with Crippen LogP contribution in [0.4, 0.5) is 5.13 Å². The predicted molar refractivity (Wildman–Crippen MR) is 94.7 cm³/mol. The van der Waals surface area contributed by atoms with E-state index in [9.17, 15) is 9.90 Å². The number of benzene rings is 2. The number of carboxylic acid groups (broad SMARTS) is 1. The molecule has 0 radical (unpaired) electrons. The van der Waals surface area contributed by atoms with Crippen molar-refractivity contribution in [2.45, 2.75) is 0 Å². The Hall–Kier alpha value is -3.13. The van der Waals surface area contributed by atoms with Crippen molar-refractivity contribution in [1.29, 1.82) is 0 Å². The molecule has 7 nitrogen and oxygen atoms in total. The molecule has 0 unspecified atom stereocenters. The molecule has 128 valence electrons. The van der Waals surface area contributed by atoms with E-state index in [1.54, 1.807) is 12.1 Å². The lowest BCUT2D eigenvalue weighted by Crippen LogP contribution is -2.25. The van der Waals surface area contributed by atoms with Gasteiger partial charge in [-0.3, -0.25) is 5.43 Å². The van der Waals surface area contributed by atoms with Gasteiger partial charge in [-0.2, -0.15) is 5.10 Å². The molecule has 0 bridgehead atoms. The standard InChI is InChI=1S/C17H15N3O4S/c1-23-12-8-7-10(14(16(21)22)15(12)24-2)9-18-20-17-19-11-5-3-4-6-13(11)25-17/h3-9H,1-2H3,(H,19,20)(H,21,22)/p-1/b18-9-. The van der Waals surface area contributed by atoms with Crippen LogP contribution in [0, 0.1) is 0 Å². The molecule has 0 aliphatic heterocycles. The summed E-state index contributed by atoms with van der Waals surface area (Å²) in [5.74, 6) is -0.985. The van der Waals surface area contributed by atoms with Gasteiger partial charge in [-0.15, -0.1) is 0 Å². The zero-order chi connectivity index (χ0) is 17.8. The van der Waals surface area contributed by atoms with Crippen molar-refractivity contribution in [2.75, 3.05) is 19.6 Å². The SMILES string of the molecule is COc1ccc(/C=N\Nc2nc3ccccc3s2)c(C(=O)[O-])c1OC. The Bertz CT molecular complexity index is 919. The van der Waals surface area contributed by atoms with Gasteiger partial charge in [-0.05, 0) is 24.3 Å². The third-order valence-electron chi connectivity index (χ3n) is 3.44. The molecule has 1 aromatic heterocycles. The molecule has 1 heterocycles. The first-order valence-electron chi connectivity index (χ1n) is 7.25. The molecular formula is C17H14N3O4S-. The van der Waals surface area contributed by atoms with Gasteiger partial charge in [-0.25, -0.2) is 4.98 Å². The Morgan fingerprint density at radius 3 is 2.72 bits per heavy atom. The van der Waals surface area contributed by atoms with Gasteiger partial charge in [0.25, 0.3) is 0 Å². The van der Waals surface area contributed by atoms with Crippen LogP contribution in [0.2, 0.25) is 0 Å². The van der Waals surface area contributed by atoms with Gasteiger partial charge in [-0.1, -0.05) is 23.5 Å². The van der Waals surface area contributed by atoms with Crippen LogP contribution in [-0.2, 0) is 0 Å². The zero-order valence-electron chi connectivity index (χ0n) is 13.5. The fourth-order valence-electron chi connectivity index (χ4n) is 2.34. The molecule has 2 aromatic carbocycles. The van der Waals surface area contributed by atoms with E-state index in [1.807, 2.05) is 24.3 Å². The maximum absolute atomic E-state index is 11.5. The maximum atomic E-state index is 11.5. The summed E-state index contributed by atoms with van der Waals surface area (Å²) in [6.07, 6.45) is 1.37. The fourth-order valence-corrected chi connectivity index (χ4v) is 3.15. The molecule has 25 heavy (non-hydrogen) atoms. The largest absolute Gasteiger partial charge is 0.545 e. The van der Waals surface area contributed by atoms with E-state index < -0.39 is 5.97 Å². The van der Waals surface area contributed by atoms with Crippen LogP contribution >= 0.6 is 11.3 Å². The number of aromatic nitrogens is 1. The van der Waals surface area contributed by atoms with Crippen LogP contribution in [0.3, 0.4) is 0 Å². The van der Waals surface area contributed by atoms with Crippen LogP contribution in [-0.4, -0.2) is 31.4 Å². The molecule has 0 aliphatic carbocycles. The number of hydrogen-bond donors (Lipinski definition) is 1. The van der Waals surface area contributed by atoms with Crippen LogP contribution in [0.5, 0.6) is 11.5 Å². The summed E-state index contributed by atoms with van der Waals surface area (Å²) in [5, 5.41) is 16.2. The third-order valence-corrected chi connectivity index (χ3v) is 4.38. The summed E-state index contributed by atoms with van der Waals surface area (Å²) in [6, 6.07) is 10.9. The highest BCUT2D eigenvalue weighted by molar-refractivity contribution is 7.22. The molecular weight excluding hydrogens is 342 g/mol. The number of aromatic carboxylic acids is 1. The van der Waals surface area contributed by atoms with Crippen LogP contribution < -0.4 is 20.0 Å². The van der Waals surface area contributed by atoms with Gasteiger partial charge in [0.05, 0.1) is 42.2 Å². The monoisotopic (exact) mass is 356 g/mol. The summed E-state index contributed by atoms with van der Waals surface area (Å²) < 4.78 is 11.3. The van der Waals surface area contributed by atoms with Crippen LogP contribution in [0.1, 0.15) is 15.9 Å². The number of carboxylic acids is 1. The maximum Gasteiger partial charge on any atom is 0.204 e. The number of nitrogens with zero attached hydrogens (tertiary/aromatic N) is 2. The lowest BCUT2D eigenvalue weighted by Gasteiger charge is -2.15. The van der Waals surface area contributed by atoms with Crippen molar-refractivity contribution in [3.05, 3.63) is 47.5 Å². The van der Waals surface area contributed by atoms with E-state index in [0.29, 0.717) is 16.4 Å². The lowest BCUT2D eigenvalue weighted by atomic mass is 10.1. The quantitative estimate of drug-likeness (QED) is 0.537. The number of carbonyl (C=O) groups is 1. The van der Waals surface area contributed by atoms with Gasteiger partial charge < -0.3 is 19.4 Å². The first-order chi connectivity index (χ1) is 12.1. The van der Waals surface area contributed by atoms with E-state index in [0.717, 1.165) is 10.2 Å². The molecule has 0 saturated heterocycles. The predicted octanol–water partition coefficient (Wildman–Crippen LogP) is 2.12. The molecule has 1 N–H and O–H groups in total. The molecule has 0 atom stereocenters. The Balaban J connectivity index is 1.88. The van der Waals surface area contributed by atoms with Crippen molar-refractivity contribution in [2.24, 2.45) is 5.10 Å². The number of fused-ring (bicyclic) bond motifs is 1. The summed E-state index contributed by atoms with van der Waals surface area (Å²) in [4.78, 5) is 15.9. The number of ether oxygens (including phenoxy) is 2. The molecule has 3 aromatic rings. The summed E-state index contributed by atoms with van der Waals surface area (Å²) in [7, 11) is 2.80. The number of para-hydroxylation sites is 1. The molecule has 8 heteroatoms. The van der Waals surface area contributed by atoms with E-state index in [4.69, 9.17) is 9.47 Å². The second kappa shape index (κ2) is 7.18. The number of hydrazone groups is 1. The summed E-state index contributed by atoms with van der Waals surface area (Å²) in [6.45, 7) is 0. The number of nitrogens with one attached hydrogen (secondary N) is 1. The van der Waals surface area contributed by atoms with Crippen LogP contribution in [0.15, 0.2) is 41.5 Å². The Labute approximate surface area is 147 Å². The molecule has 0 aliphatic rings. The van der Waals surface area contributed by atoms with Crippen molar-refractivity contribution >= 4 is 38.9 Å². The number of methoxy groups -OCH3 is 2. The van der Waals surface area contributed by atoms with Gasteiger partial charge in [0.1, 0.15) is 0 Å². The Morgan fingerprint density at radius 2 is 2.04 bits per heavy atom. The highest BCUT2D eigenvalue weighted by atomic mass is 32.1. The number of carbonyl (C=O) groups excluding carboxylic acids is 1. The molecule has 0 amide bonds. The molecule has 0 fully saturated rings.